The van der Waals surface area contributed by atoms with E-state index in [1.54, 1.807) is 12.1 Å². The number of aromatic hydroxyl groups is 1. The highest BCUT2D eigenvalue weighted by Gasteiger charge is 2.08. The molecule has 0 radical (unpaired) electrons. The Morgan fingerprint density at radius 3 is 2.79 bits per heavy atom. The third-order valence-corrected chi connectivity index (χ3v) is 3.93. The quantitative estimate of drug-likeness (QED) is 0.756. The number of phenolic OH excluding ortho intramolecular Hbond substituents is 1. The van der Waals surface area contributed by atoms with Crippen molar-refractivity contribution >= 4 is 17.0 Å². The van der Waals surface area contributed by atoms with Gasteiger partial charge in [0.15, 0.2) is 0 Å². The van der Waals surface area contributed by atoms with Crippen LogP contribution in [0.4, 0.5) is 4.79 Å². The summed E-state index contributed by atoms with van der Waals surface area (Å²) < 4.78 is 7.19. The van der Waals surface area contributed by atoms with Gasteiger partial charge in [0.25, 0.3) is 0 Å². The van der Waals surface area contributed by atoms with Crippen molar-refractivity contribution < 1.29 is 14.6 Å². The number of nitrogens with one attached hydrogen (secondary N) is 1. The third-order valence-electron chi connectivity index (χ3n) is 3.93. The fourth-order valence-electron chi connectivity index (χ4n) is 2.73. The average molecular weight is 324 g/mol. The first-order chi connectivity index (χ1) is 11.6. The largest absolute Gasteiger partial charge is 0.508 e. The van der Waals surface area contributed by atoms with Crippen molar-refractivity contribution in [2.24, 2.45) is 7.05 Å². The normalized spacial score (nSPS) is 10.7. The predicted molar refractivity (Wildman–Crippen MR) is 92.9 cm³/mol. The molecule has 2 N–H and O–H groups in total. The van der Waals surface area contributed by atoms with E-state index in [2.05, 4.69) is 5.32 Å². The molecule has 3 rings (SSSR count). The second-order valence-electron chi connectivity index (χ2n) is 5.71. The van der Waals surface area contributed by atoms with Crippen LogP contribution in [0.2, 0.25) is 0 Å². The fourth-order valence-corrected chi connectivity index (χ4v) is 2.73. The molecule has 0 spiro atoms. The monoisotopic (exact) mass is 324 g/mol. The summed E-state index contributed by atoms with van der Waals surface area (Å²) in [7, 11) is 1.96. The number of alkyl carbamates (subject to hydrolysis) is 1. The van der Waals surface area contributed by atoms with Crippen LogP contribution in [0.1, 0.15) is 11.1 Å². The number of rotatable bonds is 5. The molecule has 5 heteroatoms. The van der Waals surface area contributed by atoms with Crippen LogP contribution in [-0.4, -0.2) is 22.3 Å². The van der Waals surface area contributed by atoms with Crippen LogP contribution in [0.25, 0.3) is 10.9 Å². The number of nitrogens with zero attached hydrogens (tertiary/aromatic N) is 1. The van der Waals surface area contributed by atoms with Crippen LogP contribution in [0.3, 0.4) is 0 Å². The number of hydrogen-bond acceptors (Lipinski definition) is 3. The van der Waals surface area contributed by atoms with Crippen molar-refractivity contribution in [1.29, 1.82) is 0 Å². The van der Waals surface area contributed by atoms with E-state index in [0.717, 1.165) is 22.0 Å². The first-order valence-electron chi connectivity index (χ1n) is 7.85. The first-order valence-corrected chi connectivity index (χ1v) is 7.85. The second-order valence-corrected chi connectivity index (χ2v) is 5.71. The van der Waals surface area contributed by atoms with Gasteiger partial charge in [0.2, 0.25) is 0 Å². The van der Waals surface area contributed by atoms with Gasteiger partial charge in [-0.25, -0.2) is 4.79 Å². The number of hydrogen-bond donors (Lipinski definition) is 2. The number of phenols is 1. The lowest BCUT2D eigenvalue weighted by atomic mass is 10.1. The van der Waals surface area contributed by atoms with Crippen molar-refractivity contribution in [3.63, 3.8) is 0 Å². The van der Waals surface area contributed by atoms with Crippen LogP contribution in [0.15, 0.2) is 54.7 Å². The Balaban J connectivity index is 1.53. The maximum Gasteiger partial charge on any atom is 0.407 e. The number of carbonyl (C=O) groups is 1. The molecule has 0 saturated carbocycles. The summed E-state index contributed by atoms with van der Waals surface area (Å²) in [6.07, 6.45) is 2.25. The third kappa shape index (κ3) is 3.68. The Labute approximate surface area is 140 Å². The number of carbonyl (C=O) groups excluding carboxylic acids is 1. The Morgan fingerprint density at radius 1 is 1.21 bits per heavy atom. The molecule has 0 aliphatic carbocycles. The SMILES string of the molecule is Cn1cc(CCNC(=O)OCc2ccccc2)c2cc(O)ccc21. The van der Waals surface area contributed by atoms with E-state index in [9.17, 15) is 9.90 Å². The molecule has 1 amide bonds. The van der Waals surface area contributed by atoms with Crippen molar-refractivity contribution in [2.75, 3.05) is 6.54 Å². The zero-order valence-electron chi connectivity index (χ0n) is 13.5. The summed E-state index contributed by atoms with van der Waals surface area (Å²) >= 11 is 0. The van der Waals surface area contributed by atoms with Crippen molar-refractivity contribution in [3.05, 3.63) is 65.9 Å². The van der Waals surface area contributed by atoms with Crippen LogP contribution >= 0.6 is 0 Å². The van der Waals surface area contributed by atoms with Gasteiger partial charge in [-0.2, -0.15) is 0 Å². The van der Waals surface area contributed by atoms with Crippen molar-refractivity contribution in [1.82, 2.24) is 9.88 Å². The van der Waals surface area contributed by atoms with E-state index < -0.39 is 6.09 Å². The molecule has 0 aliphatic heterocycles. The molecule has 24 heavy (non-hydrogen) atoms. The predicted octanol–water partition coefficient (Wildman–Crippen LogP) is 3.35. The maximum atomic E-state index is 11.8. The minimum Gasteiger partial charge on any atom is -0.508 e. The topological polar surface area (TPSA) is 63.5 Å². The molecular weight excluding hydrogens is 304 g/mol. The first kappa shape index (κ1) is 15.9. The fraction of sp³-hybridized carbons (Fsp3) is 0.211. The van der Waals surface area contributed by atoms with Crippen molar-refractivity contribution in [2.45, 2.75) is 13.0 Å². The number of ether oxygens (including phenoxy) is 1. The van der Waals surface area contributed by atoms with E-state index >= 15 is 0 Å². The van der Waals surface area contributed by atoms with Crippen LogP contribution in [0, 0.1) is 0 Å². The molecule has 0 fully saturated rings. The number of amides is 1. The summed E-state index contributed by atoms with van der Waals surface area (Å²) in [6, 6.07) is 14.9. The smallest absolute Gasteiger partial charge is 0.407 e. The van der Waals surface area contributed by atoms with Crippen molar-refractivity contribution in [3.8, 4) is 5.75 Å². The van der Waals surface area contributed by atoms with E-state index in [-0.39, 0.29) is 12.4 Å². The molecule has 1 heterocycles. The maximum absolute atomic E-state index is 11.8. The van der Waals surface area contributed by atoms with Gasteiger partial charge >= 0.3 is 6.09 Å². The van der Waals surface area contributed by atoms with Gasteiger partial charge in [0.05, 0.1) is 0 Å². The molecule has 0 atom stereocenters. The summed E-state index contributed by atoms with van der Waals surface area (Å²) in [5, 5.41) is 13.4. The lowest BCUT2D eigenvalue weighted by Crippen LogP contribution is -2.26. The second kappa shape index (κ2) is 7.08. The van der Waals surface area contributed by atoms with E-state index in [1.165, 1.54) is 0 Å². The zero-order chi connectivity index (χ0) is 16.9. The van der Waals surface area contributed by atoms with E-state index in [4.69, 9.17) is 4.74 Å². The molecule has 124 valence electrons. The Morgan fingerprint density at radius 2 is 2.00 bits per heavy atom. The summed E-state index contributed by atoms with van der Waals surface area (Å²) in [5.41, 5.74) is 3.08. The number of fused-ring (bicyclic) bond motifs is 1. The number of aromatic nitrogens is 1. The van der Waals surface area contributed by atoms with Gasteiger partial charge in [-0.15, -0.1) is 0 Å². The van der Waals surface area contributed by atoms with Gasteiger partial charge < -0.3 is 19.7 Å². The highest BCUT2D eigenvalue weighted by Crippen LogP contribution is 2.24. The molecule has 0 bridgehead atoms. The van der Waals surface area contributed by atoms with E-state index in [0.29, 0.717) is 13.0 Å². The molecular formula is C19H20N2O3. The Hall–Kier alpha value is -2.95. The van der Waals surface area contributed by atoms with Crippen LogP contribution in [-0.2, 0) is 24.8 Å². The molecule has 0 aliphatic rings. The van der Waals surface area contributed by atoms with E-state index in [1.807, 2.05) is 54.2 Å². The minimum atomic E-state index is -0.429. The Kier molecular flexibility index (Phi) is 4.70. The summed E-state index contributed by atoms with van der Waals surface area (Å²) in [5.74, 6) is 0.241. The van der Waals surface area contributed by atoms with Gasteiger partial charge in [-0.1, -0.05) is 30.3 Å². The highest BCUT2D eigenvalue weighted by molar-refractivity contribution is 5.85. The van der Waals surface area contributed by atoms with Crippen LogP contribution in [0.5, 0.6) is 5.75 Å². The average Bonchev–Trinajstić information content (AvgIpc) is 2.89. The molecule has 2 aromatic carbocycles. The highest BCUT2D eigenvalue weighted by atomic mass is 16.5. The molecule has 1 aromatic heterocycles. The number of benzene rings is 2. The summed E-state index contributed by atoms with van der Waals surface area (Å²) in [4.78, 5) is 11.8. The lowest BCUT2D eigenvalue weighted by Gasteiger charge is -2.07. The van der Waals surface area contributed by atoms with Gasteiger partial charge in [0.1, 0.15) is 12.4 Å². The number of aryl methyl sites for hydroxylation is 1. The van der Waals surface area contributed by atoms with Gasteiger partial charge in [-0.05, 0) is 35.7 Å². The molecule has 0 saturated heterocycles. The lowest BCUT2D eigenvalue weighted by molar-refractivity contribution is 0.140. The molecule has 3 aromatic rings. The molecule has 0 unspecified atom stereocenters. The zero-order valence-corrected chi connectivity index (χ0v) is 13.5. The summed E-state index contributed by atoms with van der Waals surface area (Å²) in [6.45, 7) is 0.733. The van der Waals surface area contributed by atoms with Gasteiger partial charge in [0, 0.05) is 30.7 Å². The molecule has 5 nitrogen and oxygen atoms in total. The van der Waals surface area contributed by atoms with Crippen LogP contribution < -0.4 is 5.32 Å². The Bertz CT molecular complexity index is 840. The standard InChI is InChI=1S/C19H20N2O3/c1-21-12-15(17-11-16(22)7-8-18(17)21)9-10-20-19(23)24-13-14-5-3-2-4-6-14/h2-8,11-12,22H,9-10,13H2,1H3,(H,20,23). The van der Waals surface area contributed by atoms with Gasteiger partial charge in [-0.3, -0.25) is 0 Å². The minimum absolute atomic E-state index is 0.241.